The molecule has 0 spiro atoms. The number of thiazole rings is 1. The Hall–Kier alpha value is -3.32. The zero-order valence-corrected chi connectivity index (χ0v) is 15.6. The summed E-state index contributed by atoms with van der Waals surface area (Å²) < 4.78 is 5.34. The van der Waals surface area contributed by atoms with Crippen molar-refractivity contribution in [3.63, 3.8) is 0 Å². The minimum Gasteiger partial charge on any atom is -0.497 e. The number of nitrogens with one attached hydrogen (secondary N) is 2. The smallest absolute Gasteiger partial charge is 0.195 e. The Labute approximate surface area is 160 Å². The molecule has 2 aromatic heterocycles. The zero-order chi connectivity index (χ0) is 18.8. The summed E-state index contributed by atoms with van der Waals surface area (Å²) in [6.07, 6.45) is 1.94. The fourth-order valence-corrected chi connectivity index (χ4v) is 3.81. The first kappa shape index (κ1) is 17.1. The predicted octanol–water partition coefficient (Wildman–Crippen LogP) is 4.20. The summed E-state index contributed by atoms with van der Waals surface area (Å²) in [4.78, 5) is 9.71. The summed E-state index contributed by atoms with van der Waals surface area (Å²) in [5.41, 5.74) is 9.75. The molecule has 4 N–H and O–H groups in total. The Morgan fingerprint density at radius 2 is 2.07 bits per heavy atom. The molecule has 0 saturated carbocycles. The van der Waals surface area contributed by atoms with E-state index in [9.17, 15) is 0 Å². The first-order chi connectivity index (χ1) is 13.2. The molecule has 0 saturated heterocycles. The first-order valence-electron chi connectivity index (χ1n) is 8.42. The van der Waals surface area contributed by atoms with E-state index in [2.05, 4.69) is 4.98 Å². The van der Waals surface area contributed by atoms with E-state index in [1.54, 1.807) is 12.0 Å². The van der Waals surface area contributed by atoms with E-state index in [1.165, 1.54) is 11.3 Å². The molecule has 0 aliphatic heterocycles. The third-order valence-corrected chi connectivity index (χ3v) is 5.23. The zero-order valence-electron chi connectivity index (χ0n) is 14.8. The summed E-state index contributed by atoms with van der Waals surface area (Å²) in [5.74, 6) is 0.772. The number of methoxy groups -OCH3 is 1. The van der Waals surface area contributed by atoms with Gasteiger partial charge in [-0.15, -0.1) is 11.3 Å². The number of benzene rings is 2. The number of hydrogen-bond acceptors (Lipinski definition) is 4. The van der Waals surface area contributed by atoms with Gasteiger partial charge >= 0.3 is 0 Å². The highest BCUT2D eigenvalue weighted by Crippen LogP contribution is 2.34. The largest absolute Gasteiger partial charge is 0.497 e. The van der Waals surface area contributed by atoms with Crippen molar-refractivity contribution in [3.8, 4) is 17.0 Å². The van der Waals surface area contributed by atoms with Crippen LogP contribution in [0.1, 0.15) is 5.56 Å². The monoisotopic (exact) mass is 377 g/mol. The van der Waals surface area contributed by atoms with E-state index in [0.29, 0.717) is 11.7 Å². The molecule has 2 heterocycles. The van der Waals surface area contributed by atoms with Gasteiger partial charge in [0.15, 0.2) is 11.1 Å². The molecule has 136 valence electrons. The summed E-state index contributed by atoms with van der Waals surface area (Å²) in [5, 5.41) is 11.7. The molecule has 6 nitrogen and oxygen atoms in total. The van der Waals surface area contributed by atoms with Crippen LogP contribution in [0.25, 0.3) is 22.2 Å². The van der Waals surface area contributed by atoms with E-state index >= 15 is 0 Å². The quantitative estimate of drug-likeness (QED) is 0.359. The van der Waals surface area contributed by atoms with Gasteiger partial charge in [-0.1, -0.05) is 30.3 Å². The standard InChI is InChI=1S/C20H19N5OS/c1-26-14-7-8-17-15(9-14)16(10-23-17)18-12-27-20(24-18)25(19(21)22)11-13-5-3-2-4-6-13/h2-10,12,23H,11H2,1H3,(H3,21,22). The van der Waals surface area contributed by atoms with Gasteiger partial charge in [0, 0.05) is 28.0 Å². The number of nitrogens with zero attached hydrogens (tertiary/aromatic N) is 2. The maximum atomic E-state index is 7.95. The van der Waals surface area contributed by atoms with Crippen molar-refractivity contribution >= 4 is 33.3 Å². The van der Waals surface area contributed by atoms with Crippen molar-refractivity contribution in [1.82, 2.24) is 9.97 Å². The Balaban J connectivity index is 1.69. The highest BCUT2D eigenvalue weighted by atomic mass is 32.1. The molecule has 0 aliphatic carbocycles. The number of ether oxygens (including phenoxy) is 1. The van der Waals surface area contributed by atoms with Crippen molar-refractivity contribution in [2.75, 3.05) is 12.0 Å². The fraction of sp³-hybridized carbons (Fsp3) is 0.100. The maximum absolute atomic E-state index is 7.95. The van der Waals surface area contributed by atoms with Gasteiger partial charge in [0.2, 0.25) is 0 Å². The van der Waals surface area contributed by atoms with E-state index in [0.717, 1.165) is 33.5 Å². The van der Waals surface area contributed by atoms with Crippen LogP contribution < -0.4 is 15.4 Å². The maximum Gasteiger partial charge on any atom is 0.195 e. The van der Waals surface area contributed by atoms with E-state index < -0.39 is 0 Å². The lowest BCUT2D eigenvalue weighted by Gasteiger charge is -2.19. The van der Waals surface area contributed by atoms with Crippen LogP contribution in [0.15, 0.2) is 60.1 Å². The lowest BCUT2D eigenvalue weighted by Crippen LogP contribution is -2.35. The van der Waals surface area contributed by atoms with Gasteiger partial charge in [0.1, 0.15) is 5.75 Å². The molecular formula is C20H19N5OS. The number of anilines is 1. The van der Waals surface area contributed by atoms with Gasteiger partial charge in [-0.05, 0) is 23.8 Å². The van der Waals surface area contributed by atoms with Crippen LogP contribution in [0.3, 0.4) is 0 Å². The normalized spacial score (nSPS) is 10.9. The Morgan fingerprint density at radius 3 is 2.81 bits per heavy atom. The van der Waals surface area contributed by atoms with Gasteiger partial charge < -0.3 is 15.5 Å². The minimum absolute atomic E-state index is 0.0275. The highest BCUT2D eigenvalue weighted by molar-refractivity contribution is 7.14. The molecule has 4 rings (SSSR count). The van der Waals surface area contributed by atoms with Gasteiger partial charge in [0.05, 0.1) is 19.3 Å². The number of hydrogen-bond donors (Lipinski definition) is 3. The number of guanidine groups is 1. The van der Waals surface area contributed by atoms with E-state index in [-0.39, 0.29) is 5.96 Å². The number of fused-ring (bicyclic) bond motifs is 1. The van der Waals surface area contributed by atoms with Crippen LogP contribution in [0.4, 0.5) is 5.13 Å². The minimum atomic E-state index is -0.0275. The molecular weight excluding hydrogens is 358 g/mol. The SMILES string of the molecule is COc1ccc2[nH]cc(-c3csc(N(Cc4ccccc4)C(=N)N)n3)c2c1. The summed E-state index contributed by atoms with van der Waals surface area (Å²) in [6, 6.07) is 15.8. The van der Waals surface area contributed by atoms with Gasteiger partial charge in [-0.3, -0.25) is 10.3 Å². The van der Waals surface area contributed by atoms with E-state index in [1.807, 2.05) is 60.1 Å². The summed E-state index contributed by atoms with van der Waals surface area (Å²) in [6.45, 7) is 0.505. The Bertz CT molecular complexity index is 1090. The van der Waals surface area contributed by atoms with Crippen LogP contribution in [0, 0.1) is 5.41 Å². The molecule has 7 heteroatoms. The van der Waals surface area contributed by atoms with Gasteiger partial charge in [-0.25, -0.2) is 4.98 Å². The average molecular weight is 377 g/mol. The van der Waals surface area contributed by atoms with Crippen LogP contribution in [0.5, 0.6) is 5.75 Å². The third-order valence-electron chi connectivity index (χ3n) is 4.36. The van der Waals surface area contributed by atoms with Crippen LogP contribution >= 0.6 is 11.3 Å². The molecule has 0 aliphatic rings. The molecule has 0 radical (unpaired) electrons. The van der Waals surface area contributed by atoms with Crippen molar-refractivity contribution in [2.24, 2.45) is 5.73 Å². The third kappa shape index (κ3) is 3.37. The van der Waals surface area contributed by atoms with Crippen LogP contribution in [-0.4, -0.2) is 23.0 Å². The molecule has 0 atom stereocenters. The predicted molar refractivity (Wildman–Crippen MR) is 110 cm³/mol. The van der Waals surface area contributed by atoms with Crippen molar-refractivity contribution in [1.29, 1.82) is 5.41 Å². The number of aromatic amines is 1. The highest BCUT2D eigenvalue weighted by Gasteiger charge is 2.17. The molecule has 0 fully saturated rings. The lowest BCUT2D eigenvalue weighted by atomic mass is 10.1. The summed E-state index contributed by atoms with van der Waals surface area (Å²) in [7, 11) is 1.66. The summed E-state index contributed by atoms with van der Waals surface area (Å²) >= 11 is 1.47. The van der Waals surface area contributed by atoms with Gasteiger partial charge in [0.25, 0.3) is 0 Å². The molecule has 0 bridgehead atoms. The van der Waals surface area contributed by atoms with Crippen LogP contribution in [0.2, 0.25) is 0 Å². The van der Waals surface area contributed by atoms with E-state index in [4.69, 9.17) is 20.9 Å². The molecule has 0 unspecified atom stereocenters. The topological polar surface area (TPSA) is 91.0 Å². The molecule has 27 heavy (non-hydrogen) atoms. The Kier molecular flexibility index (Phi) is 4.52. The van der Waals surface area contributed by atoms with Crippen molar-refractivity contribution in [3.05, 3.63) is 65.7 Å². The second-order valence-electron chi connectivity index (χ2n) is 6.09. The number of nitrogens with two attached hydrogens (primary N) is 1. The first-order valence-corrected chi connectivity index (χ1v) is 9.30. The second kappa shape index (κ2) is 7.13. The average Bonchev–Trinajstić information content (AvgIpc) is 3.32. The second-order valence-corrected chi connectivity index (χ2v) is 6.92. The van der Waals surface area contributed by atoms with Crippen molar-refractivity contribution in [2.45, 2.75) is 6.54 Å². The molecule has 4 aromatic rings. The fourth-order valence-electron chi connectivity index (χ4n) is 2.97. The Morgan fingerprint density at radius 1 is 1.26 bits per heavy atom. The number of rotatable bonds is 5. The lowest BCUT2D eigenvalue weighted by molar-refractivity contribution is 0.415. The van der Waals surface area contributed by atoms with Crippen LogP contribution in [-0.2, 0) is 6.54 Å². The molecule has 0 amide bonds. The number of H-pyrrole nitrogens is 1. The number of aromatic nitrogens is 2. The van der Waals surface area contributed by atoms with Gasteiger partial charge in [-0.2, -0.15) is 0 Å². The van der Waals surface area contributed by atoms with Crippen molar-refractivity contribution < 1.29 is 4.74 Å². The molecule has 2 aromatic carbocycles.